The molecule has 0 amide bonds. The molecule has 5 nitrogen and oxygen atoms in total. The van der Waals surface area contributed by atoms with Crippen LogP contribution in [0.5, 0.6) is 0 Å². The molecule has 25 heavy (non-hydrogen) atoms. The molecule has 0 atom stereocenters. The van der Waals surface area contributed by atoms with Crippen molar-refractivity contribution in [3.63, 3.8) is 0 Å². The molecule has 4 rings (SSSR count). The molecule has 124 valence electrons. The van der Waals surface area contributed by atoms with Gasteiger partial charge >= 0.3 is 0 Å². The van der Waals surface area contributed by atoms with Crippen LogP contribution >= 0.6 is 11.6 Å². The lowest BCUT2D eigenvalue weighted by atomic mass is 10.1. The van der Waals surface area contributed by atoms with E-state index in [2.05, 4.69) is 33.4 Å². The number of nitrogens with zero attached hydrogens (tertiary/aromatic N) is 4. The number of benzene rings is 2. The van der Waals surface area contributed by atoms with Gasteiger partial charge in [0.2, 0.25) is 0 Å². The Morgan fingerprint density at radius 3 is 2.80 bits per heavy atom. The zero-order valence-electron chi connectivity index (χ0n) is 13.6. The van der Waals surface area contributed by atoms with Crippen molar-refractivity contribution in [2.75, 3.05) is 5.32 Å². The summed E-state index contributed by atoms with van der Waals surface area (Å²) >= 11 is 6.10. The summed E-state index contributed by atoms with van der Waals surface area (Å²) in [6, 6.07) is 15.7. The summed E-state index contributed by atoms with van der Waals surface area (Å²) in [5.74, 6) is 0.735. The molecule has 4 aromatic rings. The summed E-state index contributed by atoms with van der Waals surface area (Å²) in [6.45, 7) is 2.13. The largest absolute Gasteiger partial charge is 0.339 e. The summed E-state index contributed by atoms with van der Waals surface area (Å²) in [4.78, 5) is 8.80. The first-order valence-corrected chi connectivity index (χ1v) is 8.43. The molecule has 2 aromatic carbocycles. The molecule has 0 saturated carbocycles. The lowest BCUT2D eigenvalue weighted by Crippen LogP contribution is -2.00. The molecule has 0 bridgehead atoms. The number of hydrogen-bond donors (Lipinski definition) is 1. The van der Waals surface area contributed by atoms with E-state index in [9.17, 15) is 0 Å². The number of anilines is 2. The van der Waals surface area contributed by atoms with E-state index in [0.29, 0.717) is 5.02 Å². The quantitative estimate of drug-likeness (QED) is 0.576. The zero-order valence-corrected chi connectivity index (χ0v) is 14.4. The van der Waals surface area contributed by atoms with Gasteiger partial charge in [0.05, 0.1) is 17.3 Å². The van der Waals surface area contributed by atoms with Gasteiger partial charge in [0.25, 0.3) is 0 Å². The first-order chi connectivity index (χ1) is 12.3. The minimum Gasteiger partial charge on any atom is -0.339 e. The Bertz CT molecular complexity index is 1040. The van der Waals surface area contributed by atoms with Gasteiger partial charge < -0.3 is 5.32 Å². The number of fused-ring (bicyclic) bond motifs is 1. The normalized spacial score (nSPS) is 11.0. The maximum atomic E-state index is 6.10. The zero-order chi connectivity index (χ0) is 17.2. The highest BCUT2D eigenvalue weighted by Gasteiger charge is 2.12. The molecule has 0 fully saturated rings. The summed E-state index contributed by atoms with van der Waals surface area (Å²) in [5, 5.41) is 9.39. The number of nitrogens with one attached hydrogen (secondary N) is 1. The molecule has 0 spiro atoms. The average Bonchev–Trinajstić information content (AvgIpc) is 3.07. The Hall–Kier alpha value is -2.92. The van der Waals surface area contributed by atoms with Crippen molar-refractivity contribution in [2.24, 2.45) is 0 Å². The summed E-state index contributed by atoms with van der Waals surface area (Å²) < 4.78 is 1.76. The van der Waals surface area contributed by atoms with E-state index in [1.807, 2.05) is 42.5 Å². The van der Waals surface area contributed by atoms with E-state index < -0.39 is 0 Å². The number of aromatic nitrogens is 4. The van der Waals surface area contributed by atoms with Gasteiger partial charge in [0.1, 0.15) is 12.1 Å². The molecular weight excluding hydrogens is 334 g/mol. The van der Waals surface area contributed by atoms with E-state index in [4.69, 9.17) is 11.6 Å². The monoisotopic (exact) mass is 349 g/mol. The fourth-order valence-electron chi connectivity index (χ4n) is 2.82. The van der Waals surface area contributed by atoms with E-state index >= 15 is 0 Å². The second-order valence-electron chi connectivity index (χ2n) is 5.63. The first-order valence-electron chi connectivity index (χ1n) is 8.06. The van der Waals surface area contributed by atoms with Crippen molar-refractivity contribution in [3.8, 4) is 5.69 Å². The molecule has 0 unspecified atom stereocenters. The lowest BCUT2D eigenvalue weighted by molar-refractivity contribution is 0.895. The van der Waals surface area contributed by atoms with Gasteiger partial charge in [0, 0.05) is 10.7 Å². The van der Waals surface area contributed by atoms with Crippen LogP contribution in [0, 0.1) is 0 Å². The van der Waals surface area contributed by atoms with Crippen LogP contribution in [0.3, 0.4) is 0 Å². The number of aryl methyl sites for hydroxylation is 1. The molecule has 0 aliphatic heterocycles. The van der Waals surface area contributed by atoms with Gasteiger partial charge in [0.15, 0.2) is 5.65 Å². The molecule has 0 saturated heterocycles. The van der Waals surface area contributed by atoms with Crippen LogP contribution < -0.4 is 5.32 Å². The van der Waals surface area contributed by atoms with Gasteiger partial charge in [-0.1, -0.05) is 42.8 Å². The summed E-state index contributed by atoms with van der Waals surface area (Å²) in [7, 11) is 0. The highest BCUT2D eigenvalue weighted by molar-refractivity contribution is 6.30. The topological polar surface area (TPSA) is 55.6 Å². The Balaban J connectivity index is 1.79. The Morgan fingerprint density at radius 2 is 1.96 bits per heavy atom. The van der Waals surface area contributed by atoms with Gasteiger partial charge in [-0.3, -0.25) is 0 Å². The van der Waals surface area contributed by atoms with Crippen LogP contribution in [0.4, 0.5) is 11.5 Å². The molecule has 0 aliphatic carbocycles. The molecule has 0 radical (unpaired) electrons. The predicted octanol–water partition coefficient (Wildman–Crippen LogP) is 4.77. The van der Waals surface area contributed by atoms with Crippen molar-refractivity contribution >= 4 is 34.1 Å². The predicted molar refractivity (Wildman–Crippen MR) is 101 cm³/mol. The van der Waals surface area contributed by atoms with Crippen molar-refractivity contribution in [1.82, 2.24) is 19.7 Å². The SMILES string of the molecule is CCc1ccccc1Nc1ncnc2c1cnn2-c1cccc(Cl)c1. The Morgan fingerprint density at radius 1 is 1.08 bits per heavy atom. The number of para-hydroxylation sites is 1. The minimum atomic E-state index is 0.658. The van der Waals surface area contributed by atoms with Gasteiger partial charge in [-0.25, -0.2) is 14.6 Å². The third kappa shape index (κ3) is 2.94. The minimum absolute atomic E-state index is 0.658. The summed E-state index contributed by atoms with van der Waals surface area (Å²) in [6.07, 6.45) is 4.26. The number of halogens is 1. The molecular formula is C19H16ClN5. The smallest absolute Gasteiger partial charge is 0.168 e. The van der Waals surface area contributed by atoms with Crippen LogP contribution in [0.25, 0.3) is 16.7 Å². The lowest BCUT2D eigenvalue weighted by Gasteiger charge is -2.10. The maximum absolute atomic E-state index is 6.10. The standard InChI is InChI=1S/C19H16ClN5/c1-2-13-6-3-4-9-17(13)24-18-16-11-23-25(19(16)22-12-21-18)15-8-5-7-14(20)10-15/h3-12H,2H2,1H3,(H,21,22,24). The summed E-state index contributed by atoms with van der Waals surface area (Å²) in [5.41, 5.74) is 3.87. The van der Waals surface area contributed by atoms with E-state index in [0.717, 1.165) is 34.6 Å². The molecule has 6 heteroatoms. The Labute approximate surface area is 150 Å². The molecule has 1 N–H and O–H groups in total. The fraction of sp³-hybridized carbons (Fsp3) is 0.105. The van der Waals surface area contributed by atoms with E-state index in [-0.39, 0.29) is 0 Å². The van der Waals surface area contributed by atoms with Crippen molar-refractivity contribution < 1.29 is 0 Å². The third-order valence-electron chi connectivity index (χ3n) is 4.07. The van der Waals surface area contributed by atoms with Crippen LogP contribution in [0.1, 0.15) is 12.5 Å². The van der Waals surface area contributed by atoms with Crippen molar-refractivity contribution in [2.45, 2.75) is 13.3 Å². The molecule has 0 aliphatic rings. The second-order valence-corrected chi connectivity index (χ2v) is 6.07. The number of hydrogen-bond acceptors (Lipinski definition) is 4. The third-order valence-corrected chi connectivity index (χ3v) is 4.31. The van der Waals surface area contributed by atoms with Gasteiger partial charge in [-0.05, 0) is 36.2 Å². The van der Waals surface area contributed by atoms with Gasteiger partial charge in [-0.15, -0.1) is 0 Å². The van der Waals surface area contributed by atoms with E-state index in [1.165, 1.54) is 5.56 Å². The van der Waals surface area contributed by atoms with Crippen molar-refractivity contribution in [3.05, 3.63) is 71.6 Å². The average molecular weight is 350 g/mol. The van der Waals surface area contributed by atoms with Crippen LogP contribution in [0.15, 0.2) is 61.1 Å². The van der Waals surface area contributed by atoms with Crippen LogP contribution in [0.2, 0.25) is 5.02 Å². The molecule has 2 heterocycles. The van der Waals surface area contributed by atoms with Crippen LogP contribution in [-0.2, 0) is 6.42 Å². The van der Waals surface area contributed by atoms with Gasteiger partial charge in [-0.2, -0.15) is 5.10 Å². The molecule has 2 aromatic heterocycles. The highest BCUT2D eigenvalue weighted by atomic mass is 35.5. The Kier molecular flexibility index (Phi) is 4.07. The highest BCUT2D eigenvalue weighted by Crippen LogP contribution is 2.27. The second kappa shape index (κ2) is 6.53. The van der Waals surface area contributed by atoms with Crippen LogP contribution in [-0.4, -0.2) is 19.7 Å². The maximum Gasteiger partial charge on any atom is 0.168 e. The van der Waals surface area contributed by atoms with E-state index in [1.54, 1.807) is 17.2 Å². The fourth-order valence-corrected chi connectivity index (χ4v) is 3.00. The van der Waals surface area contributed by atoms with Crippen molar-refractivity contribution in [1.29, 1.82) is 0 Å². The first kappa shape index (κ1) is 15.6. The number of rotatable bonds is 4.